The van der Waals surface area contributed by atoms with E-state index >= 15 is 0 Å². The number of rotatable bonds is 5. The van der Waals surface area contributed by atoms with Gasteiger partial charge in [0.2, 0.25) is 0 Å². The van der Waals surface area contributed by atoms with Gasteiger partial charge in [0, 0.05) is 30.3 Å². The van der Waals surface area contributed by atoms with Crippen molar-refractivity contribution in [2.75, 3.05) is 25.1 Å². The fourth-order valence-corrected chi connectivity index (χ4v) is 4.61. The summed E-state index contributed by atoms with van der Waals surface area (Å²) in [6, 6.07) is 14.5. The number of methoxy groups -OCH3 is 1. The quantitative estimate of drug-likeness (QED) is 0.431. The summed E-state index contributed by atoms with van der Waals surface area (Å²) in [6.07, 6.45) is 0.809. The van der Waals surface area contributed by atoms with Crippen molar-refractivity contribution < 1.29 is 23.8 Å². The van der Waals surface area contributed by atoms with Crippen molar-refractivity contribution in [1.82, 2.24) is 10.3 Å². The van der Waals surface area contributed by atoms with Crippen molar-refractivity contribution in [1.29, 1.82) is 10.5 Å². The van der Waals surface area contributed by atoms with Crippen molar-refractivity contribution in [3.05, 3.63) is 59.4 Å². The standard InChI is InChI=1S/C30H30FN5O4/c1-30(2,3)40-29(38)34-22-9-11-36(12-10-22)26-15-21(17-33)27(18-7-8-25(39-4)24(37)14-18)28(35-26)19-5-6-20(16-32)23(31)13-19/h5-8,13-15,22,37H,9-12H2,1-4H3,(H,34,38). The van der Waals surface area contributed by atoms with E-state index in [2.05, 4.69) is 11.4 Å². The van der Waals surface area contributed by atoms with Gasteiger partial charge < -0.3 is 24.8 Å². The molecule has 9 nitrogen and oxygen atoms in total. The summed E-state index contributed by atoms with van der Waals surface area (Å²) in [4.78, 5) is 19.1. The predicted molar refractivity (Wildman–Crippen MR) is 147 cm³/mol. The second kappa shape index (κ2) is 11.5. The Morgan fingerprint density at radius 1 is 1.07 bits per heavy atom. The fourth-order valence-electron chi connectivity index (χ4n) is 4.61. The van der Waals surface area contributed by atoms with E-state index in [1.165, 1.54) is 25.3 Å². The van der Waals surface area contributed by atoms with Crippen LogP contribution in [0.4, 0.5) is 15.0 Å². The molecule has 2 heterocycles. The Bertz CT molecular complexity index is 1510. The average molecular weight is 544 g/mol. The van der Waals surface area contributed by atoms with Crippen LogP contribution in [0.15, 0.2) is 42.5 Å². The summed E-state index contributed by atoms with van der Waals surface area (Å²) < 4.78 is 25.2. The molecular formula is C30H30FN5O4. The van der Waals surface area contributed by atoms with Gasteiger partial charge in [0.25, 0.3) is 0 Å². The Balaban J connectivity index is 1.72. The monoisotopic (exact) mass is 543 g/mol. The molecular weight excluding hydrogens is 513 g/mol. The van der Waals surface area contributed by atoms with Gasteiger partial charge in [-0.05, 0) is 69.5 Å². The molecule has 2 aromatic carbocycles. The smallest absolute Gasteiger partial charge is 0.407 e. The lowest BCUT2D eigenvalue weighted by atomic mass is 9.94. The molecule has 10 heteroatoms. The van der Waals surface area contributed by atoms with Gasteiger partial charge in [-0.2, -0.15) is 10.5 Å². The fraction of sp³-hybridized carbons (Fsp3) is 0.333. The maximum atomic E-state index is 14.7. The van der Waals surface area contributed by atoms with Gasteiger partial charge in [0.1, 0.15) is 23.3 Å². The number of phenolic OH excluding ortho intramolecular Hbond substituents is 1. The Kier molecular flexibility index (Phi) is 8.11. The van der Waals surface area contributed by atoms with Crippen molar-refractivity contribution in [2.24, 2.45) is 0 Å². The molecule has 0 unspecified atom stereocenters. The number of pyridine rings is 1. The second-order valence-electron chi connectivity index (χ2n) is 10.5. The summed E-state index contributed by atoms with van der Waals surface area (Å²) >= 11 is 0. The maximum Gasteiger partial charge on any atom is 0.407 e. The Morgan fingerprint density at radius 3 is 2.33 bits per heavy atom. The number of amides is 1. The van der Waals surface area contributed by atoms with Crippen LogP contribution in [0.25, 0.3) is 22.4 Å². The highest BCUT2D eigenvalue weighted by Crippen LogP contribution is 2.40. The number of halogens is 1. The average Bonchev–Trinajstić information content (AvgIpc) is 2.91. The Hall–Kier alpha value is -4.83. The molecule has 0 atom stereocenters. The molecule has 40 heavy (non-hydrogen) atoms. The third kappa shape index (κ3) is 6.24. The minimum atomic E-state index is -0.705. The summed E-state index contributed by atoms with van der Waals surface area (Å²) in [5, 5.41) is 32.7. The molecule has 3 aromatic rings. The predicted octanol–water partition coefficient (Wildman–Crippen LogP) is 5.51. The van der Waals surface area contributed by atoms with E-state index in [1.54, 1.807) is 24.3 Å². The number of carbonyl (C=O) groups is 1. The lowest BCUT2D eigenvalue weighted by molar-refractivity contribution is 0.0497. The summed E-state index contributed by atoms with van der Waals surface area (Å²) in [5.74, 6) is -0.0399. The summed E-state index contributed by atoms with van der Waals surface area (Å²) in [5.41, 5.74) is 1.19. The van der Waals surface area contributed by atoms with Crippen LogP contribution >= 0.6 is 0 Å². The van der Waals surface area contributed by atoms with Gasteiger partial charge in [0.05, 0.1) is 30.0 Å². The number of anilines is 1. The van der Waals surface area contributed by atoms with Crippen LogP contribution in [-0.4, -0.2) is 48.0 Å². The van der Waals surface area contributed by atoms with Crippen molar-refractivity contribution in [3.8, 4) is 46.0 Å². The van der Waals surface area contributed by atoms with Gasteiger partial charge >= 0.3 is 6.09 Å². The highest BCUT2D eigenvalue weighted by Gasteiger charge is 2.26. The topological polar surface area (TPSA) is 132 Å². The Morgan fingerprint density at radius 2 is 1.75 bits per heavy atom. The number of alkyl carbamates (subject to hydrolysis) is 1. The molecule has 0 aliphatic carbocycles. The van der Waals surface area contributed by atoms with Gasteiger partial charge in [-0.3, -0.25) is 0 Å². The SMILES string of the molecule is COc1ccc(-c2c(C#N)cc(N3CCC(NC(=O)OC(C)(C)C)CC3)nc2-c2ccc(C#N)c(F)c2)cc1O. The zero-order valence-corrected chi connectivity index (χ0v) is 22.8. The molecule has 1 aliphatic rings. The first-order valence-corrected chi connectivity index (χ1v) is 12.8. The number of hydrogen-bond donors (Lipinski definition) is 2. The molecule has 0 saturated carbocycles. The first kappa shape index (κ1) is 28.2. The number of nitriles is 2. The minimum Gasteiger partial charge on any atom is -0.504 e. The van der Waals surface area contributed by atoms with E-state index in [0.29, 0.717) is 54.1 Å². The first-order valence-electron chi connectivity index (χ1n) is 12.8. The number of hydrogen-bond acceptors (Lipinski definition) is 8. The zero-order chi connectivity index (χ0) is 29.0. The molecule has 1 amide bonds. The van der Waals surface area contributed by atoms with Crippen molar-refractivity contribution >= 4 is 11.9 Å². The van der Waals surface area contributed by atoms with Gasteiger partial charge in [-0.1, -0.05) is 12.1 Å². The summed E-state index contributed by atoms with van der Waals surface area (Å²) in [7, 11) is 1.43. The zero-order valence-electron chi connectivity index (χ0n) is 22.8. The van der Waals surface area contributed by atoms with Crippen LogP contribution < -0.4 is 15.0 Å². The molecule has 1 fully saturated rings. The minimum absolute atomic E-state index is 0.0739. The Labute approximate surface area is 232 Å². The molecule has 4 rings (SSSR count). The molecule has 0 radical (unpaired) electrons. The normalized spacial score (nSPS) is 13.7. The van der Waals surface area contributed by atoms with E-state index in [9.17, 15) is 24.8 Å². The van der Waals surface area contributed by atoms with E-state index in [1.807, 2.05) is 31.7 Å². The number of benzene rings is 2. The van der Waals surface area contributed by atoms with E-state index in [0.717, 1.165) is 0 Å². The molecule has 0 spiro atoms. The molecule has 206 valence electrons. The molecule has 1 aliphatic heterocycles. The van der Waals surface area contributed by atoms with Crippen molar-refractivity contribution in [3.63, 3.8) is 0 Å². The van der Waals surface area contributed by atoms with E-state index in [-0.39, 0.29) is 28.7 Å². The number of carbonyl (C=O) groups excluding carboxylic acids is 1. The second-order valence-corrected chi connectivity index (χ2v) is 10.5. The molecule has 2 N–H and O–H groups in total. The van der Waals surface area contributed by atoms with Crippen molar-refractivity contribution in [2.45, 2.75) is 45.3 Å². The third-order valence-electron chi connectivity index (χ3n) is 6.50. The van der Waals surface area contributed by atoms with Crippen LogP contribution in [0, 0.1) is 28.5 Å². The van der Waals surface area contributed by atoms with Crippen LogP contribution in [0.3, 0.4) is 0 Å². The maximum absolute atomic E-state index is 14.7. The van der Waals surface area contributed by atoms with Crippen LogP contribution in [0.1, 0.15) is 44.7 Å². The van der Waals surface area contributed by atoms with Gasteiger partial charge in [-0.15, -0.1) is 0 Å². The number of piperidine rings is 1. The molecule has 1 aromatic heterocycles. The number of phenols is 1. The summed E-state index contributed by atoms with van der Waals surface area (Å²) in [6.45, 7) is 6.54. The lowest BCUT2D eigenvalue weighted by Crippen LogP contribution is -2.46. The third-order valence-corrected chi connectivity index (χ3v) is 6.50. The first-order chi connectivity index (χ1) is 19.0. The van der Waals surface area contributed by atoms with E-state index < -0.39 is 17.5 Å². The molecule has 1 saturated heterocycles. The molecule has 0 bridgehead atoms. The highest BCUT2D eigenvalue weighted by atomic mass is 19.1. The van der Waals surface area contributed by atoms with E-state index in [4.69, 9.17) is 14.5 Å². The number of nitrogens with one attached hydrogen (secondary N) is 1. The number of ether oxygens (including phenoxy) is 2. The largest absolute Gasteiger partial charge is 0.504 e. The van der Waals surface area contributed by atoms with Crippen LogP contribution in [0.5, 0.6) is 11.5 Å². The van der Waals surface area contributed by atoms with Crippen LogP contribution in [0.2, 0.25) is 0 Å². The highest BCUT2D eigenvalue weighted by molar-refractivity contribution is 5.87. The van der Waals surface area contributed by atoms with Crippen LogP contribution in [-0.2, 0) is 4.74 Å². The van der Waals surface area contributed by atoms with Gasteiger partial charge in [0.15, 0.2) is 11.5 Å². The number of nitrogens with zero attached hydrogens (tertiary/aromatic N) is 4. The number of aromatic hydroxyl groups is 1. The lowest BCUT2D eigenvalue weighted by Gasteiger charge is -2.34. The number of aromatic nitrogens is 1. The van der Waals surface area contributed by atoms with Gasteiger partial charge in [-0.25, -0.2) is 14.2 Å².